The van der Waals surface area contributed by atoms with Crippen LogP contribution < -0.4 is 0 Å². The molecule has 1 aliphatic heterocycles. The molecule has 6 unspecified atom stereocenters. The first-order valence-corrected chi connectivity index (χ1v) is 25.5. The largest absolute Gasteiger partial charge is 0.479 e. The fraction of sp³-hybridized carbons (Fsp3) is 0.827. The van der Waals surface area contributed by atoms with Gasteiger partial charge in [0.05, 0.1) is 6.61 Å². The van der Waals surface area contributed by atoms with Crippen molar-refractivity contribution in [3.8, 4) is 0 Å². The molecule has 0 bridgehead atoms. The number of esters is 2. The van der Waals surface area contributed by atoms with Crippen molar-refractivity contribution in [2.45, 2.75) is 263 Å². The number of hydrogen-bond acceptors (Lipinski definition) is 10. The van der Waals surface area contributed by atoms with Crippen molar-refractivity contribution in [3.63, 3.8) is 0 Å². The minimum absolute atomic E-state index is 0.182. The summed E-state index contributed by atoms with van der Waals surface area (Å²) in [6.45, 7) is 3.72. The maximum absolute atomic E-state index is 12.8. The predicted molar refractivity (Wildman–Crippen MR) is 252 cm³/mol. The van der Waals surface area contributed by atoms with Crippen LogP contribution in [0.5, 0.6) is 0 Å². The second-order valence-electron chi connectivity index (χ2n) is 17.6. The van der Waals surface area contributed by atoms with Gasteiger partial charge in [-0.3, -0.25) is 9.59 Å². The second-order valence-corrected chi connectivity index (χ2v) is 17.6. The Morgan fingerprint density at radius 3 is 1.41 bits per heavy atom. The van der Waals surface area contributed by atoms with Gasteiger partial charge in [0.1, 0.15) is 24.9 Å². The normalized spacial score (nSPS) is 19.7. The van der Waals surface area contributed by atoms with Crippen LogP contribution in [0.15, 0.2) is 36.5 Å². The molecule has 1 aliphatic rings. The number of hydrogen-bond donors (Lipinski definition) is 4. The summed E-state index contributed by atoms with van der Waals surface area (Å²) in [4.78, 5) is 36.9. The molecule has 0 aliphatic carbocycles. The van der Waals surface area contributed by atoms with E-state index in [-0.39, 0.29) is 19.4 Å². The number of aliphatic hydroxyl groups excluding tert-OH is 3. The van der Waals surface area contributed by atoms with Gasteiger partial charge in [0.25, 0.3) is 0 Å². The molecule has 0 aromatic heterocycles. The van der Waals surface area contributed by atoms with Gasteiger partial charge in [0.15, 0.2) is 18.5 Å². The maximum atomic E-state index is 12.8. The number of unbranched alkanes of at least 4 members (excludes halogenated alkanes) is 26. The van der Waals surface area contributed by atoms with E-state index >= 15 is 0 Å². The van der Waals surface area contributed by atoms with Crippen molar-refractivity contribution >= 4 is 17.9 Å². The second kappa shape index (κ2) is 42.1. The van der Waals surface area contributed by atoms with Gasteiger partial charge < -0.3 is 39.4 Å². The average Bonchev–Trinajstić information content (AvgIpc) is 3.27. The monoisotopic (exact) mass is 893 g/mol. The van der Waals surface area contributed by atoms with Gasteiger partial charge in [-0.15, -0.1) is 0 Å². The average molecular weight is 893 g/mol. The Kier molecular flexibility index (Phi) is 39.0. The zero-order chi connectivity index (χ0) is 46.0. The zero-order valence-corrected chi connectivity index (χ0v) is 39.8. The maximum Gasteiger partial charge on any atom is 0.335 e. The molecule has 11 heteroatoms. The fourth-order valence-corrected chi connectivity index (χ4v) is 7.78. The van der Waals surface area contributed by atoms with Gasteiger partial charge in [0, 0.05) is 12.8 Å². The van der Waals surface area contributed by atoms with Crippen LogP contribution in [0, 0.1) is 0 Å². The Morgan fingerprint density at radius 1 is 0.508 bits per heavy atom. The summed E-state index contributed by atoms with van der Waals surface area (Å²) in [6, 6.07) is 0. The summed E-state index contributed by atoms with van der Waals surface area (Å²) in [7, 11) is 0. The first-order chi connectivity index (χ1) is 30.7. The van der Waals surface area contributed by atoms with Crippen molar-refractivity contribution in [2.75, 3.05) is 13.2 Å². The van der Waals surface area contributed by atoms with E-state index in [0.717, 1.165) is 70.6 Å². The van der Waals surface area contributed by atoms with Crippen LogP contribution in [0.25, 0.3) is 0 Å². The van der Waals surface area contributed by atoms with Crippen LogP contribution in [0.4, 0.5) is 0 Å². The van der Waals surface area contributed by atoms with Crippen molar-refractivity contribution in [3.05, 3.63) is 36.5 Å². The van der Waals surface area contributed by atoms with Crippen molar-refractivity contribution in [1.29, 1.82) is 0 Å². The molecule has 4 N–H and O–H groups in total. The Hall–Kier alpha value is -2.57. The number of aliphatic carboxylic acids is 1. The van der Waals surface area contributed by atoms with Gasteiger partial charge in [0.2, 0.25) is 0 Å². The number of carbonyl (C=O) groups is 3. The number of ether oxygens (including phenoxy) is 4. The molecular formula is C52H92O11. The Balaban J connectivity index is 2.28. The molecule has 1 saturated heterocycles. The third-order valence-electron chi connectivity index (χ3n) is 11.8. The quantitative estimate of drug-likeness (QED) is 0.0261. The zero-order valence-electron chi connectivity index (χ0n) is 39.8. The first-order valence-electron chi connectivity index (χ1n) is 25.5. The molecule has 0 spiro atoms. The summed E-state index contributed by atoms with van der Waals surface area (Å²) in [5, 5.41) is 39.9. The first kappa shape index (κ1) is 58.4. The molecule has 0 radical (unpaired) electrons. The highest BCUT2D eigenvalue weighted by Crippen LogP contribution is 2.23. The molecule has 11 nitrogen and oxygen atoms in total. The van der Waals surface area contributed by atoms with Crippen molar-refractivity contribution in [2.24, 2.45) is 0 Å². The molecule has 0 saturated carbocycles. The van der Waals surface area contributed by atoms with E-state index in [2.05, 4.69) is 50.3 Å². The van der Waals surface area contributed by atoms with Gasteiger partial charge in [-0.1, -0.05) is 204 Å². The van der Waals surface area contributed by atoms with Crippen LogP contribution in [-0.4, -0.2) is 88.4 Å². The van der Waals surface area contributed by atoms with E-state index in [9.17, 15) is 34.8 Å². The summed E-state index contributed by atoms with van der Waals surface area (Å²) < 4.78 is 21.8. The minimum atomic E-state index is -1.86. The standard InChI is InChI=1S/C52H92O11/c1-3-5-7-9-11-13-15-17-19-20-21-22-23-24-25-27-29-31-33-35-37-39-41-46(54)62-44(43-61-52-49(57)47(55)48(56)50(63-52)51(58)59)42-60-45(53)40-38-36-34-32-30-28-26-18-16-14-12-10-8-6-4-2/h6,8,12,14,18,26,44,47-50,52,55-57H,3-5,7,9-11,13,15-17,19-25,27-43H2,1-2H3,(H,58,59)/b8-6-,14-12-,26-18-. The molecule has 366 valence electrons. The highest BCUT2D eigenvalue weighted by atomic mass is 16.7. The number of carboxylic acids is 1. The minimum Gasteiger partial charge on any atom is -0.479 e. The van der Waals surface area contributed by atoms with Crippen LogP contribution >= 0.6 is 0 Å². The van der Waals surface area contributed by atoms with Crippen LogP contribution in [-0.2, 0) is 33.3 Å². The lowest BCUT2D eigenvalue weighted by molar-refractivity contribution is -0.298. The molecule has 1 heterocycles. The molecule has 63 heavy (non-hydrogen) atoms. The van der Waals surface area contributed by atoms with Crippen LogP contribution in [0.2, 0.25) is 0 Å². The van der Waals surface area contributed by atoms with Crippen molar-refractivity contribution in [1.82, 2.24) is 0 Å². The van der Waals surface area contributed by atoms with Gasteiger partial charge in [-0.25, -0.2) is 4.79 Å². The lowest BCUT2D eigenvalue weighted by atomic mass is 9.99. The predicted octanol–water partition coefficient (Wildman–Crippen LogP) is 11.9. The molecule has 0 aromatic rings. The third-order valence-corrected chi connectivity index (χ3v) is 11.8. The summed E-state index contributed by atoms with van der Waals surface area (Å²) in [5.74, 6) is -2.45. The van der Waals surface area contributed by atoms with Crippen molar-refractivity contribution < 1.29 is 53.8 Å². The number of allylic oxidation sites excluding steroid dienone is 6. The molecule has 1 rings (SSSR count). The Morgan fingerprint density at radius 2 is 0.937 bits per heavy atom. The Bertz CT molecular complexity index is 1190. The molecule has 6 atom stereocenters. The molecular weight excluding hydrogens is 801 g/mol. The number of carboxylic acid groups (broad SMARTS) is 1. The van der Waals surface area contributed by atoms with Gasteiger partial charge in [-0.05, 0) is 44.9 Å². The molecule has 1 fully saturated rings. The molecule has 0 amide bonds. The van der Waals surface area contributed by atoms with Gasteiger partial charge in [-0.2, -0.15) is 0 Å². The van der Waals surface area contributed by atoms with Crippen LogP contribution in [0.1, 0.15) is 226 Å². The summed E-state index contributed by atoms with van der Waals surface area (Å²) >= 11 is 0. The number of rotatable bonds is 43. The van der Waals surface area contributed by atoms with Crippen LogP contribution in [0.3, 0.4) is 0 Å². The topological polar surface area (TPSA) is 169 Å². The van der Waals surface area contributed by atoms with E-state index in [1.54, 1.807) is 0 Å². The third kappa shape index (κ3) is 33.6. The summed E-state index contributed by atoms with van der Waals surface area (Å²) in [6.07, 6.45) is 40.6. The fourth-order valence-electron chi connectivity index (χ4n) is 7.78. The highest BCUT2D eigenvalue weighted by molar-refractivity contribution is 5.73. The SMILES string of the molecule is CC/C=C\C/C=C\C/C=C\CCCCCCCC(=O)OCC(COC1OC(C(=O)O)C(O)C(O)C1O)OC(=O)CCCCCCCCCCCCCCCCCCCCCCCC. The van der Waals surface area contributed by atoms with E-state index in [1.165, 1.54) is 116 Å². The van der Waals surface area contributed by atoms with E-state index in [0.29, 0.717) is 12.8 Å². The number of carbonyl (C=O) groups excluding carboxylic acids is 2. The Labute approximate surface area is 382 Å². The highest BCUT2D eigenvalue weighted by Gasteiger charge is 2.47. The summed E-state index contributed by atoms with van der Waals surface area (Å²) in [5.41, 5.74) is 0. The van der Waals surface area contributed by atoms with Gasteiger partial charge >= 0.3 is 17.9 Å². The molecule has 0 aromatic carbocycles. The lowest BCUT2D eigenvalue weighted by Crippen LogP contribution is -2.60. The number of aliphatic hydroxyl groups is 3. The van der Waals surface area contributed by atoms with E-state index in [1.807, 2.05) is 0 Å². The smallest absolute Gasteiger partial charge is 0.335 e. The van der Waals surface area contributed by atoms with E-state index in [4.69, 9.17) is 18.9 Å². The van der Waals surface area contributed by atoms with E-state index < -0.39 is 61.3 Å². The lowest BCUT2D eigenvalue weighted by Gasteiger charge is -2.38.